The molecule has 0 aliphatic heterocycles. The smallest absolute Gasteiger partial charge is 0.0898 e. The van der Waals surface area contributed by atoms with Crippen molar-refractivity contribution < 1.29 is 0 Å². The van der Waals surface area contributed by atoms with Crippen molar-refractivity contribution in [2.75, 3.05) is 0 Å². The van der Waals surface area contributed by atoms with Crippen molar-refractivity contribution in [3.05, 3.63) is 0 Å². The van der Waals surface area contributed by atoms with Crippen LogP contribution in [-0.2, 0) is 0 Å². The maximum Gasteiger partial charge on any atom is 0.0898 e. The lowest BCUT2D eigenvalue weighted by Crippen LogP contribution is -1.99. The Morgan fingerprint density at radius 2 is 1.31 bits per heavy atom. The van der Waals surface area contributed by atoms with Crippen LogP contribution in [0.5, 0.6) is 0 Å². The maximum atomic E-state index is 4.33. The quantitative estimate of drug-likeness (QED) is 0.400. The van der Waals surface area contributed by atoms with Crippen LogP contribution < -0.4 is 0 Å². The lowest BCUT2D eigenvalue weighted by atomic mass is 10.1. The normalized spacial score (nSPS) is 14.0. The zero-order valence-electron chi connectivity index (χ0n) is 11.5. The summed E-state index contributed by atoms with van der Waals surface area (Å²) in [5.74, 6) is 0. The molecule has 0 amide bonds. The fourth-order valence-electron chi connectivity index (χ4n) is 1.55. The van der Waals surface area contributed by atoms with Crippen molar-refractivity contribution in [1.82, 2.24) is 0 Å². The number of unbranched alkanes of at least 4 members (excludes halogenated alkanes) is 3. The molecule has 0 aromatic carbocycles. The topological polar surface area (TPSA) is 24.7 Å². The van der Waals surface area contributed by atoms with Crippen LogP contribution in [0.25, 0.3) is 0 Å². The van der Waals surface area contributed by atoms with Crippen LogP contribution in [0.1, 0.15) is 72.6 Å². The highest BCUT2D eigenvalue weighted by Crippen LogP contribution is 2.05. The van der Waals surface area contributed by atoms with Crippen molar-refractivity contribution in [3.8, 4) is 0 Å². The van der Waals surface area contributed by atoms with Crippen LogP contribution in [0.15, 0.2) is 9.98 Å². The molecule has 0 radical (unpaired) electrons. The second-order valence-corrected chi connectivity index (χ2v) is 4.69. The van der Waals surface area contributed by atoms with Gasteiger partial charge in [-0.05, 0) is 26.7 Å². The van der Waals surface area contributed by atoms with E-state index in [9.17, 15) is 0 Å². The van der Waals surface area contributed by atoms with Gasteiger partial charge in [0.2, 0.25) is 0 Å². The van der Waals surface area contributed by atoms with E-state index >= 15 is 0 Å². The fourth-order valence-corrected chi connectivity index (χ4v) is 1.55. The number of nitrogens with zero attached hydrogens (tertiary/aromatic N) is 2. The van der Waals surface area contributed by atoms with Gasteiger partial charge in [0, 0.05) is 0 Å². The van der Waals surface area contributed by atoms with E-state index in [0.717, 1.165) is 6.42 Å². The van der Waals surface area contributed by atoms with Crippen LogP contribution >= 0.6 is 0 Å². The molecule has 2 nitrogen and oxygen atoms in total. The Labute approximate surface area is 101 Å². The largest absolute Gasteiger partial charge is 0.223 e. The first kappa shape index (κ1) is 15.4. The molecule has 0 saturated carbocycles. The number of hydrogen-bond donors (Lipinski definition) is 0. The molecular weight excluding hydrogens is 196 g/mol. The number of hydrogen-bond acceptors (Lipinski definition) is 2. The molecule has 0 aromatic rings. The van der Waals surface area contributed by atoms with Gasteiger partial charge in [0.1, 0.15) is 0 Å². The molecule has 0 bridgehead atoms. The Balaban J connectivity index is 3.73. The molecule has 16 heavy (non-hydrogen) atoms. The molecule has 0 heterocycles. The van der Waals surface area contributed by atoms with Gasteiger partial charge in [-0.2, -0.15) is 0 Å². The van der Waals surface area contributed by atoms with E-state index in [1.807, 2.05) is 0 Å². The van der Waals surface area contributed by atoms with E-state index in [2.05, 4.69) is 43.7 Å². The van der Waals surface area contributed by atoms with Crippen LogP contribution in [0.4, 0.5) is 0 Å². The van der Waals surface area contributed by atoms with Crippen molar-refractivity contribution in [1.29, 1.82) is 0 Å². The summed E-state index contributed by atoms with van der Waals surface area (Å²) in [5.41, 5.74) is 0. The predicted molar refractivity (Wildman–Crippen MR) is 72.5 cm³/mol. The van der Waals surface area contributed by atoms with E-state index in [-0.39, 0.29) is 0 Å². The van der Waals surface area contributed by atoms with Gasteiger partial charge in [-0.15, -0.1) is 0 Å². The van der Waals surface area contributed by atoms with Crippen molar-refractivity contribution in [2.45, 2.75) is 84.7 Å². The first-order valence-corrected chi connectivity index (χ1v) is 6.85. The van der Waals surface area contributed by atoms with Crippen LogP contribution in [-0.4, -0.2) is 18.1 Å². The van der Waals surface area contributed by atoms with Gasteiger partial charge in [0.05, 0.1) is 18.1 Å². The average molecular weight is 224 g/mol. The van der Waals surface area contributed by atoms with E-state index in [1.165, 1.54) is 38.5 Å². The highest BCUT2D eigenvalue weighted by molar-refractivity contribution is 5.41. The molecule has 94 valence electrons. The molecular formula is C14H28N2. The van der Waals surface area contributed by atoms with Gasteiger partial charge in [0.25, 0.3) is 0 Å². The number of rotatable bonds is 9. The van der Waals surface area contributed by atoms with Gasteiger partial charge in [0.15, 0.2) is 0 Å². The lowest BCUT2D eigenvalue weighted by molar-refractivity contribution is 0.592. The third kappa shape index (κ3) is 9.92. The summed E-state index contributed by atoms with van der Waals surface area (Å²) in [5, 5.41) is 0. The summed E-state index contributed by atoms with van der Waals surface area (Å²) in [6.07, 6.45) is 8.67. The molecule has 0 N–H and O–H groups in total. The van der Waals surface area contributed by atoms with Gasteiger partial charge in [-0.1, -0.05) is 46.0 Å². The lowest BCUT2D eigenvalue weighted by Gasteiger charge is -2.03. The van der Waals surface area contributed by atoms with Crippen LogP contribution in [0, 0.1) is 0 Å². The Morgan fingerprint density at radius 1 is 0.812 bits per heavy atom. The van der Waals surface area contributed by atoms with Crippen LogP contribution in [0.2, 0.25) is 0 Å². The first-order chi connectivity index (χ1) is 7.70. The molecule has 0 aliphatic carbocycles. The minimum atomic E-state index is 0.381. The zero-order valence-corrected chi connectivity index (χ0v) is 11.5. The Kier molecular flexibility index (Phi) is 10.5. The van der Waals surface area contributed by atoms with Gasteiger partial charge in [-0.25, -0.2) is 9.98 Å². The highest BCUT2D eigenvalue weighted by Gasteiger charge is 1.98. The Morgan fingerprint density at radius 3 is 1.81 bits per heavy atom. The van der Waals surface area contributed by atoms with Crippen molar-refractivity contribution in [3.63, 3.8) is 0 Å². The number of aliphatic imine (C=N–C) groups is 2. The monoisotopic (exact) mass is 224 g/mol. The van der Waals surface area contributed by atoms with Crippen LogP contribution in [0.3, 0.4) is 0 Å². The van der Waals surface area contributed by atoms with Gasteiger partial charge >= 0.3 is 0 Å². The molecule has 0 spiro atoms. The molecule has 2 heteroatoms. The summed E-state index contributed by atoms with van der Waals surface area (Å²) in [6.45, 7) is 8.72. The minimum absolute atomic E-state index is 0.381. The predicted octanol–water partition coefficient (Wildman–Crippen LogP) is 4.71. The summed E-state index contributed by atoms with van der Waals surface area (Å²) < 4.78 is 0. The highest BCUT2D eigenvalue weighted by atomic mass is 14.8. The Hall–Kier alpha value is -0.620. The molecule has 0 saturated heterocycles. The van der Waals surface area contributed by atoms with E-state index in [1.54, 1.807) is 0 Å². The van der Waals surface area contributed by atoms with Gasteiger partial charge < -0.3 is 0 Å². The SMILES string of the molecule is CCCCCC(C)N=C=NC(C)CCCC. The summed E-state index contributed by atoms with van der Waals surface area (Å²) in [4.78, 5) is 8.64. The maximum absolute atomic E-state index is 4.33. The Bertz CT molecular complexity index is 205. The zero-order chi connectivity index (χ0) is 12.2. The summed E-state index contributed by atoms with van der Waals surface area (Å²) >= 11 is 0. The average Bonchev–Trinajstić information content (AvgIpc) is 2.26. The third-order valence-electron chi connectivity index (χ3n) is 2.76. The van der Waals surface area contributed by atoms with E-state index in [0.29, 0.717) is 12.1 Å². The minimum Gasteiger partial charge on any atom is -0.223 e. The second kappa shape index (κ2) is 10.9. The van der Waals surface area contributed by atoms with Crippen molar-refractivity contribution in [2.24, 2.45) is 9.98 Å². The van der Waals surface area contributed by atoms with Gasteiger partial charge in [-0.3, -0.25) is 0 Å². The molecule has 0 aliphatic rings. The fraction of sp³-hybridized carbons (Fsp3) is 0.929. The third-order valence-corrected chi connectivity index (χ3v) is 2.76. The van der Waals surface area contributed by atoms with E-state index < -0.39 is 0 Å². The molecule has 0 rings (SSSR count). The molecule has 2 unspecified atom stereocenters. The first-order valence-electron chi connectivity index (χ1n) is 6.85. The molecule has 2 atom stereocenters. The molecule has 0 aromatic heterocycles. The second-order valence-electron chi connectivity index (χ2n) is 4.69. The molecule has 0 fully saturated rings. The van der Waals surface area contributed by atoms with E-state index in [4.69, 9.17) is 0 Å². The summed E-state index contributed by atoms with van der Waals surface area (Å²) in [6, 6.07) is 3.63. The van der Waals surface area contributed by atoms with Crippen molar-refractivity contribution >= 4 is 6.01 Å². The standard InChI is InChI=1S/C14H28N2/c1-5-7-9-11-14(4)16-12-15-13(3)10-8-6-2/h13-14H,5-11H2,1-4H3. The summed E-state index contributed by atoms with van der Waals surface area (Å²) in [7, 11) is 0.